The molecule has 1 amide bonds. The van der Waals surface area contributed by atoms with E-state index in [9.17, 15) is 9.59 Å². The third kappa shape index (κ3) is 4.03. The standard InChI is InChI=1S/C15H15Cl2N3O3/c1-9-7-13(15(23)19(2)6-5-14(21)22)18-20(9)10-3-4-11(16)12(17)8-10/h3-4,7-8H,5-6H2,1-2H3,(H,21,22). The SMILES string of the molecule is Cc1cc(C(=O)N(C)CCC(=O)O)nn1-c1ccc(Cl)c(Cl)c1. The number of aryl methyl sites for hydroxylation is 1. The average Bonchev–Trinajstić information content (AvgIpc) is 2.88. The van der Waals surface area contributed by atoms with Crippen LogP contribution in [0.2, 0.25) is 10.0 Å². The Morgan fingerprint density at radius 3 is 2.57 bits per heavy atom. The van der Waals surface area contributed by atoms with Crippen molar-refractivity contribution in [3.8, 4) is 5.69 Å². The van der Waals surface area contributed by atoms with Crippen LogP contribution in [0.3, 0.4) is 0 Å². The molecule has 1 N–H and O–H groups in total. The van der Waals surface area contributed by atoms with Gasteiger partial charge in [0.2, 0.25) is 0 Å². The van der Waals surface area contributed by atoms with Crippen LogP contribution in [0.4, 0.5) is 0 Å². The second-order valence-corrected chi connectivity index (χ2v) is 5.87. The molecule has 1 heterocycles. The highest BCUT2D eigenvalue weighted by atomic mass is 35.5. The summed E-state index contributed by atoms with van der Waals surface area (Å²) in [5.41, 5.74) is 1.67. The first-order valence-corrected chi connectivity index (χ1v) is 7.54. The molecule has 0 fully saturated rings. The first-order valence-electron chi connectivity index (χ1n) is 6.79. The molecule has 1 aromatic heterocycles. The fourth-order valence-corrected chi connectivity index (χ4v) is 2.31. The number of aromatic nitrogens is 2. The van der Waals surface area contributed by atoms with Crippen molar-refractivity contribution in [1.82, 2.24) is 14.7 Å². The normalized spacial score (nSPS) is 10.6. The van der Waals surface area contributed by atoms with Gasteiger partial charge in [0.1, 0.15) is 0 Å². The van der Waals surface area contributed by atoms with Crippen LogP contribution < -0.4 is 0 Å². The lowest BCUT2D eigenvalue weighted by Crippen LogP contribution is -2.29. The molecule has 0 bridgehead atoms. The van der Waals surface area contributed by atoms with Gasteiger partial charge in [0.05, 0.1) is 22.2 Å². The number of hydrogen-bond acceptors (Lipinski definition) is 3. The van der Waals surface area contributed by atoms with E-state index in [1.54, 1.807) is 36.0 Å². The molecule has 0 aliphatic carbocycles. The number of carbonyl (C=O) groups is 2. The molecule has 0 unspecified atom stereocenters. The smallest absolute Gasteiger partial charge is 0.305 e. The Morgan fingerprint density at radius 1 is 1.26 bits per heavy atom. The molecule has 122 valence electrons. The first kappa shape index (κ1) is 17.3. The Bertz CT molecular complexity index is 758. The summed E-state index contributed by atoms with van der Waals surface area (Å²) in [6, 6.07) is 6.70. The second-order valence-electron chi connectivity index (χ2n) is 5.05. The Hall–Kier alpha value is -2.05. The minimum absolute atomic E-state index is 0.116. The largest absolute Gasteiger partial charge is 0.481 e. The van der Waals surface area contributed by atoms with E-state index in [1.807, 2.05) is 6.92 Å². The van der Waals surface area contributed by atoms with Crippen molar-refractivity contribution in [3.05, 3.63) is 45.7 Å². The number of carboxylic acid groups (broad SMARTS) is 1. The fourth-order valence-electron chi connectivity index (χ4n) is 2.02. The number of benzene rings is 1. The van der Waals surface area contributed by atoms with Crippen molar-refractivity contribution in [1.29, 1.82) is 0 Å². The predicted molar refractivity (Wildman–Crippen MR) is 87.5 cm³/mol. The zero-order valence-corrected chi connectivity index (χ0v) is 14.1. The van der Waals surface area contributed by atoms with Gasteiger partial charge in [-0.2, -0.15) is 5.10 Å². The molecule has 6 nitrogen and oxygen atoms in total. The molecule has 0 saturated heterocycles. The summed E-state index contributed by atoms with van der Waals surface area (Å²) in [6.07, 6.45) is -0.116. The minimum atomic E-state index is -0.956. The van der Waals surface area contributed by atoms with Gasteiger partial charge in [0.15, 0.2) is 5.69 Å². The van der Waals surface area contributed by atoms with Gasteiger partial charge in [-0.25, -0.2) is 4.68 Å². The Balaban J connectivity index is 2.25. The van der Waals surface area contributed by atoms with E-state index in [2.05, 4.69) is 5.10 Å². The van der Waals surface area contributed by atoms with E-state index in [0.29, 0.717) is 15.7 Å². The van der Waals surface area contributed by atoms with Crippen LogP contribution in [-0.2, 0) is 4.79 Å². The maximum atomic E-state index is 12.3. The lowest BCUT2D eigenvalue weighted by molar-refractivity contribution is -0.137. The summed E-state index contributed by atoms with van der Waals surface area (Å²) in [5, 5.41) is 13.8. The number of carbonyl (C=O) groups excluding carboxylic acids is 1. The monoisotopic (exact) mass is 355 g/mol. The van der Waals surface area contributed by atoms with Crippen LogP contribution in [0.5, 0.6) is 0 Å². The first-order chi connectivity index (χ1) is 10.8. The predicted octanol–water partition coefficient (Wildman–Crippen LogP) is 3.03. The van der Waals surface area contributed by atoms with Gasteiger partial charge in [-0.05, 0) is 31.2 Å². The van der Waals surface area contributed by atoms with Crippen LogP contribution in [-0.4, -0.2) is 45.3 Å². The molecule has 0 spiro atoms. The molecule has 0 aliphatic rings. The summed E-state index contributed by atoms with van der Waals surface area (Å²) < 4.78 is 1.58. The molecule has 0 saturated carbocycles. The van der Waals surface area contributed by atoms with Gasteiger partial charge >= 0.3 is 5.97 Å². The van der Waals surface area contributed by atoms with Gasteiger partial charge in [-0.15, -0.1) is 0 Å². The number of halogens is 2. The molecule has 0 aliphatic heterocycles. The summed E-state index contributed by atoms with van der Waals surface area (Å²) in [6.45, 7) is 1.93. The van der Waals surface area contributed by atoms with Gasteiger partial charge in [0, 0.05) is 19.3 Å². The number of hydrogen-bond donors (Lipinski definition) is 1. The van der Waals surface area contributed by atoms with Crippen molar-refractivity contribution in [3.63, 3.8) is 0 Å². The van der Waals surface area contributed by atoms with Gasteiger partial charge in [-0.1, -0.05) is 23.2 Å². The third-order valence-corrected chi connectivity index (χ3v) is 4.00. The Kier molecular flexibility index (Phi) is 5.28. The zero-order valence-electron chi connectivity index (χ0n) is 12.6. The van der Waals surface area contributed by atoms with E-state index in [4.69, 9.17) is 28.3 Å². The average molecular weight is 356 g/mol. The number of amides is 1. The topological polar surface area (TPSA) is 75.4 Å². The van der Waals surface area contributed by atoms with E-state index in [-0.39, 0.29) is 24.6 Å². The van der Waals surface area contributed by atoms with Crippen molar-refractivity contribution in [2.24, 2.45) is 0 Å². The molecule has 8 heteroatoms. The summed E-state index contributed by atoms with van der Waals surface area (Å²) in [7, 11) is 1.54. The van der Waals surface area contributed by atoms with E-state index >= 15 is 0 Å². The number of nitrogens with zero attached hydrogens (tertiary/aromatic N) is 3. The lowest BCUT2D eigenvalue weighted by atomic mass is 10.3. The van der Waals surface area contributed by atoms with E-state index in [0.717, 1.165) is 5.69 Å². The highest BCUT2D eigenvalue weighted by molar-refractivity contribution is 6.42. The van der Waals surface area contributed by atoms with Gasteiger partial charge in [-0.3, -0.25) is 9.59 Å². The number of carboxylic acids is 1. The molecule has 0 atom stereocenters. The summed E-state index contributed by atoms with van der Waals surface area (Å²) >= 11 is 11.9. The highest BCUT2D eigenvalue weighted by Gasteiger charge is 2.18. The lowest BCUT2D eigenvalue weighted by Gasteiger charge is -2.14. The van der Waals surface area contributed by atoms with E-state index in [1.165, 1.54) is 4.90 Å². The van der Waals surface area contributed by atoms with Gasteiger partial charge < -0.3 is 10.0 Å². The van der Waals surface area contributed by atoms with Crippen LogP contribution in [0.25, 0.3) is 5.69 Å². The van der Waals surface area contributed by atoms with Crippen molar-refractivity contribution < 1.29 is 14.7 Å². The summed E-state index contributed by atoms with van der Waals surface area (Å²) in [5.74, 6) is -1.30. The van der Waals surface area contributed by atoms with Crippen molar-refractivity contribution in [2.45, 2.75) is 13.3 Å². The Morgan fingerprint density at radius 2 is 1.96 bits per heavy atom. The molecule has 2 rings (SSSR count). The second kappa shape index (κ2) is 7.02. The van der Waals surface area contributed by atoms with Gasteiger partial charge in [0.25, 0.3) is 5.91 Å². The molecule has 0 radical (unpaired) electrons. The third-order valence-electron chi connectivity index (χ3n) is 3.26. The van der Waals surface area contributed by atoms with Crippen molar-refractivity contribution in [2.75, 3.05) is 13.6 Å². The summed E-state index contributed by atoms with van der Waals surface area (Å²) in [4.78, 5) is 24.2. The van der Waals surface area contributed by atoms with Crippen LogP contribution >= 0.6 is 23.2 Å². The highest BCUT2D eigenvalue weighted by Crippen LogP contribution is 2.25. The maximum Gasteiger partial charge on any atom is 0.305 e. The molecular weight excluding hydrogens is 341 g/mol. The maximum absolute atomic E-state index is 12.3. The van der Waals surface area contributed by atoms with Crippen LogP contribution in [0.1, 0.15) is 22.6 Å². The fraction of sp³-hybridized carbons (Fsp3) is 0.267. The molecule has 23 heavy (non-hydrogen) atoms. The molecular formula is C15H15Cl2N3O3. The minimum Gasteiger partial charge on any atom is -0.481 e. The quantitative estimate of drug-likeness (QED) is 0.894. The number of rotatable bonds is 5. The van der Waals surface area contributed by atoms with E-state index < -0.39 is 5.97 Å². The van der Waals surface area contributed by atoms with Crippen molar-refractivity contribution >= 4 is 35.1 Å². The zero-order chi connectivity index (χ0) is 17.1. The number of aliphatic carboxylic acids is 1. The van der Waals surface area contributed by atoms with Crippen LogP contribution in [0, 0.1) is 6.92 Å². The molecule has 2 aromatic rings. The Labute approximate surface area is 143 Å². The molecule has 1 aromatic carbocycles. The van der Waals surface area contributed by atoms with Crippen LogP contribution in [0.15, 0.2) is 24.3 Å².